The van der Waals surface area contributed by atoms with Crippen LogP contribution in [0.15, 0.2) is 11.1 Å². The topological polar surface area (TPSA) is 26.3 Å². The second kappa shape index (κ2) is 9.69. The van der Waals surface area contributed by atoms with Crippen LogP contribution < -0.4 is 0 Å². The normalized spacial score (nSPS) is 40.1. The molecule has 0 aromatic heterocycles. The van der Waals surface area contributed by atoms with Gasteiger partial charge in [0.05, 0.1) is 0 Å². The second-order valence-corrected chi connectivity index (χ2v) is 13.4. The number of rotatable bonds is 7. The molecule has 0 heterocycles. The van der Waals surface area contributed by atoms with Crippen LogP contribution in [0.25, 0.3) is 0 Å². The van der Waals surface area contributed by atoms with E-state index in [9.17, 15) is 4.79 Å². The van der Waals surface area contributed by atoms with E-state index in [0.29, 0.717) is 10.8 Å². The molecule has 0 N–H and O–H groups in total. The summed E-state index contributed by atoms with van der Waals surface area (Å²) in [5, 5.41) is 0. The highest BCUT2D eigenvalue weighted by Gasteiger charge is 2.55. The van der Waals surface area contributed by atoms with E-state index in [0.717, 1.165) is 48.3 Å². The molecule has 2 nitrogen and oxygen atoms in total. The lowest BCUT2D eigenvalue weighted by atomic mass is 9.48. The highest BCUT2D eigenvalue weighted by Crippen LogP contribution is 2.66. The van der Waals surface area contributed by atoms with Gasteiger partial charge >= 0.3 is 5.97 Å². The van der Waals surface area contributed by atoms with Gasteiger partial charge in [-0.2, -0.15) is 0 Å². The quantitative estimate of drug-likeness (QED) is 0.283. The Balaban J connectivity index is 1.49. The van der Waals surface area contributed by atoms with Gasteiger partial charge in [0.25, 0.3) is 0 Å². The molecule has 0 amide bonds. The van der Waals surface area contributed by atoms with Gasteiger partial charge in [-0.05, 0) is 111 Å². The van der Waals surface area contributed by atoms with Gasteiger partial charge in [-0.3, -0.25) is 4.79 Å². The number of allylic oxidation sites excluding steroid dienone is 2. The summed E-state index contributed by atoms with van der Waals surface area (Å²) in [7, 11) is 0. The predicted molar refractivity (Wildman–Crippen MR) is 138 cm³/mol. The van der Waals surface area contributed by atoms with Crippen molar-refractivity contribution in [2.45, 2.75) is 132 Å². The van der Waals surface area contributed by atoms with E-state index in [-0.39, 0.29) is 12.1 Å². The number of hydrogen-bond acceptors (Lipinski definition) is 2. The molecule has 188 valence electrons. The van der Waals surface area contributed by atoms with E-state index < -0.39 is 0 Å². The van der Waals surface area contributed by atoms with Gasteiger partial charge in [-0.15, -0.1) is 0 Å². The first-order chi connectivity index (χ1) is 15.6. The Kier molecular flexibility index (Phi) is 7.43. The van der Waals surface area contributed by atoms with Gasteiger partial charge in [0.15, 0.2) is 0 Å². The first kappa shape index (κ1) is 25.3. The van der Waals surface area contributed by atoms with Crippen LogP contribution >= 0.6 is 0 Å². The molecule has 4 aliphatic carbocycles. The van der Waals surface area contributed by atoms with Gasteiger partial charge in [-0.1, -0.05) is 65.5 Å². The monoisotopic (exact) mass is 456 g/mol. The molecular formula is C31H52O2. The second-order valence-electron chi connectivity index (χ2n) is 13.4. The Morgan fingerprint density at radius 3 is 2.45 bits per heavy atom. The summed E-state index contributed by atoms with van der Waals surface area (Å²) in [5.74, 6) is 4.87. The zero-order chi connectivity index (χ0) is 24.0. The van der Waals surface area contributed by atoms with Gasteiger partial charge in [0, 0.05) is 6.92 Å². The summed E-state index contributed by atoms with van der Waals surface area (Å²) in [6.07, 6.45) is 16.0. The zero-order valence-corrected chi connectivity index (χ0v) is 22.8. The van der Waals surface area contributed by atoms with Crippen LogP contribution in [-0.2, 0) is 9.53 Å². The number of fused-ring (bicyclic) bond motifs is 4. The van der Waals surface area contributed by atoms with E-state index in [1.807, 2.05) is 11.1 Å². The van der Waals surface area contributed by atoms with Crippen molar-refractivity contribution in [1.82, 2.24) is 0 Å². The number of hydrogen-bond donors (Lipinski definition) is 0. The standard InChI is InChI=1S/C31H52O2/c1-8-23(20(2)3)10-9-21(4)27-13-14-28-26-12-11-24-19-25(33-22(5)32)15-17-30(24,6)29(26)16-18-31(27,28)7/h20-21,23-25,27,29H,8-19H2,1-7H3/t21-,23+,24?,25-,27?,29?,30-,31+/m0/s1. The van der Waals surface area contributed by atoms with Crippen LogP contribution in [0.4, 0.5) is 0 Å². The molecule has 8 atom stereocenters. The summed E-state index contributed by atoms with van der Waals surface area (Å²) in [6.45, 7) is 16.6. The SMILES string of the molecule is CC[C@H](CC[C@H](C)C1CCC2=C3CCC4C[C@@H](OC(C)=O)CC[C@]4(C)C3CC[C@@]21C)C(C)C. The smallest absolute Gasteiger partial charge is 0.302 e. The lowest BCUT2D eigenvalue weighted by Crippen LogP contribution is -2.48. The highest BCUT2D eigenvalue weighted by molar-refractivity contribution is 5.66. The Labute approximate surface area is 204 Å². The van der Waals surface area contributed by atoms with Gasteiger partial charge in [0.2, 0.25) is 0 Å². The minimum atomic E-state index is -0.0968. The molecule has 2 heteroatoms. The fourth-order valence-electron chi connectivity index (χ4n) is 9.43. The molecule has 3 saturated carbocycles. The van der Waals surface area contributed by atoms with E-state index in [4.69, 9.17) is 4.74 Å². The van der Waals surface area contributed by atoms with Crippen LogP contribution in [0.2, 0.25) is 0 Å². The molecule has 3 unspecified atom stereocenters. The van der Waals surface area contributed by atoms with Crippen molar-refractivity contribution in [3.8, 4) is 0 Å². The Morgan fingerprint density at radius 2 is 1.79 bits per heavy atom. The van der Waals surface area contributed by atoms with Gasteiger partial charge in [0.1, 0.15) is 6.10 Å². The Morgan fingerprint density at radius 1 is 1.03 bits per heavy atom. The summed E-state index contributed by atoms with van der Waals surface area (Å²) in [6, 6.07) is 0. The molecule has 0 bridgehead atoms. The highest BCUT2D eigenvalue weighted by atomic mass is 16.5. The average Bonchev–Trinajstić information content (AvgIpc) is 3.11. The summed E-state index contributed by atoms with van der Waals surface area (Å²) in [5.41, 5.74) is 4.70. The zero-order valence-electron chi connectivity index (χ0n) is 22.8. The predicted octanol–water partition coefficient (Wildman–Crippen LogP) is 8.74. The molecule has 0 aromatic carbocycles. The first-order valence-electron chi connectivity index (χ1n) is 14.5. The largest absolute Gasteiger partial charge is 0.463 e. The molecule has 0 saturated heterocycles. The minimum absolute atomic E-state index is 0.0968. The molecule has 4 aliphatic rings. The number of ether oxygens (including phenoxy) is 1. The number of carbonyl (C=O) groups is 1. The summed E-state index contributed by atoms with van der Waals surface area (Å²) >= 11 is 0. The van der Waals surface area contributed by atoms with Crippen LogP contribution in [0.5, 0.6) is 0 Å². The third-order valence-corrected chi connectivity index (χ3v) is 11.5. The van der Waals surface area contributed by atoms with E-state index in [1.54, 1.807) is 6.92 Å². The lowest BCUT2D eigenvalue weighted by Gasteiger charge is -2.57. The molecule has 3 fully saturated rings. The van der Waals surface area contributed by atoms with Crippen LogP contribution in [-0.4, -0.2) is 12.1 Å². The van der Waals surface area contributed by atoms with Crippen molar-refractivity contribution in [2.75, 3.05) is 0 Å². The van der Waals surface area contributed by atoms with E-state index >= 15 is 0 Å². The lowest BCUT2D eigenvalue weighted by molar-refractivity contribution is -0.152. The first-order valence-corrected chi connectivity index (χ1v) is 14.5. The molecule has 0 aliphatic heterocycles. The average molecular weight is 457 g/mol. The van der Waals surface area contributed by atoms with Gasteiger partial charge < -0.3 is 4.74 Å². The van der Waals surface area contributed by atoms with E-state index in [2.05, 4.69) is 41.5 Å². The van der Waals surface area contributed by atoms with Crippen molar-refractivity contribution in [3.63, 3.8) is 0 Å². The summed E-state index contributed by atoms with van der Waals surface area (Å²) < 4.78 is 5.66. The van der Waals surface area contributed by atoms with Crippen molar-refractivity contribution in [1.29, 1.82) is 0 Å². The fraction of sp³-hybridized carbons (Fsp3) is 0.903. The third kappa shape index (κ3) is 4.58. The molecule has 0 aromatic rings. The molecule has 0 spiro atoms. The number of esters is 1. The van der Waals surface area contributed by atoms with Crippen molar-refractivity contribution < 1.29 is 9.53 Å². The minimum Gasteiger partial charge on any atom is -0.463 e. The van der Waals surface area contributed by atoms with Crippen molar-refractivity contribution in [2.24, 2.45) is 46.3 Å². The van der Waals surface area contributed by atoms with Crippen molar-refractivity contribution >= 4 is 5.97 Å². The molecule has 33 heavy (non-hydrogen) atoms. The third-order valence-electron chi connectivity index (χ3n) is 11.5. The summed E-state index contributed by atoms with van der Waals surface area (Å²) in [4.78, 5) is 11.5. The maximum absolute atomic E-state index is 11.5. The molecule has 0 radical (unpaired) electrons. The fourth-order valence-corrected chi connectivity index (χ4v) is 9.43. The maximum atomic E-state index is 11.5. The molecule has 4 rings (SSSR count). The van der Waals surface area contributed by atoms with E-state index in [1.165, 1.54) is 64.2 Å². The Bertz CT molecular complexity index is 750. The van der Waals surface area contributed by atoms with Crippen LogP contribution in [0, 0.1) is 46.3 Å². The van der Waals surface area contributed by atoms with Crippen LogP contribution in [0.3, 0.4) is 0 Å². The maximum Gasteiger partial charge on any atom is 0.302 e. The number of carbonyl (C=O) groups excluding carboxylic acids is 1. The van der Waals surface area contributed by atoms with Gasteiger partial charge in [-0.25, -0.2) is 0 Å². The van der Waals surface area contributed by atoms with Crippen molar-refractivity contribution in [3.05, 3.63) is 11.1 Å². The Hall–Kier alpha value is -0.790. The van der Waals surface area contributed by atoms with Crippen LogP contribution in [0.1, 0.15) is 126 Å². The molecular weight excluding hydrogens is 404 g/mol.